The summed E-state index contributed by atoms with van der Waals surface area (Å²) in [4.78, 5) is 11.1. The number of hydrogen-bond acceptors (Lipinski definition) is 4. The van der Waals surface area contributed by atoms with Crippen molar-refractivity contribution in [3.05, 3.63) is 23.8 Å². The van der Waals surface area contributed by atoms with E-state index >= 15 is 0 Å². The first-order valence-electron chi connectivity index (χ1n) is 7.52. The van der Waals surface area contributed by atoms with Crippen LogP contribution in [0.3, 0.4) is 0 Å². The Kier molecular flexibility index (Phi) is 4.01. The molecular weight excluding hydrogens is 270 g/mol. The van der Waals surface area contributed by atoms with E-state index < -0.39 is 5.97 Å². The molecule has 1 heterocycles. The van der Waals surface area contributed by atoms with Crippen LogP contribution in [0.4, 0.5) is 0 Å². The van der Waals surface area contributed by atoms with Crippen LogP contribution in [0.15, 0.2) is 18.2 Å². The summed E-state index contributed by atoms with van der Waals surface area (Å²) in [5.74, 6) is 0.695. The van der Waals surface area contributed by atoms with Crippen molar-refractivity contribution in [2.45, 2.75) is 44.7 Å². The molecule has 1 aliphatic heterocycles. The van der Waals surface area contributed by atoms with E-state index in [1.54, 1.807) is 0 Å². The van der Waals surface area contributed by atoms with Crippen LogP contribution in [-0.2, 0) is 4.79 Å². The van der Waals surface area contributed by atoms with E-state index in [0.717, 1.165) is 36.3 Å². The topological polar surface area (TPSA) is 67.8 Å². The summed E-state index contributed by atoms with van der Waals surface area (Å²) in [7, 11) is 0. The van der Waals surface area contributed by atoms with Crippen LogP contribution >= 0.6 is 0 Å². The second kappa shape index (κ2) is 5.93. The Morgan fingerprint density at radius 3 is 2.95 bits per heavy atom. The highest BCUT2D eigenvalue weighted by Crippen LogP contribution is 2.34. The van der Waals surface area contributed by atoms with Crippen LogP contribution in [0.25, 0.3) is 0 Å². The Hall–Kier alpha value is -1.75. The van der Waals surface area contributed by atoms with Gasteiger partial charge in [0.15, 0.2) is 11.5 Å². The lowest BCUT2D eigenvalue weighted by atomic mass is 9.85. The second-order valence-corrected chi connectivity index (χ2v) is 5.90. The summed E-state index contributed by atoms with van der Waals surface area (Å²) in [6, 6.07) is 6.38. The largest absolute Gasteiger partial charge is 0.481 e. The number of benzene rings is 1. The van der Waals surface area contributed by atoms with Crippen LogP contribution < -0.4 is 14.8 Å². The molecule has 1 aromatic rings. The molecule has 1 aliphatic carbocycles. The van der Waals surface area contributed by atoms with E-state index in [4.69, 9.17) is 14.6 Å². The van der Waals surface area contributed by atoms with Gasteiger partial charge in [0.1, 0.15) is 0 Å². The first kappa shape index (κ1) is 14.2. The molecule has 21 heavy (non-hydrogen) atoms. The molecule has 0 bridgehead atoms. The van der Waals surface area contributed by atoms with E-state index in [-0.39, 0.29) is 24.8 Å². The second-order valence-electron chi connectivity index (χ2n) is 5.90. The summed E-state index contributed by atoms with van der Waals surface area (Å²) < 4.78 is 10.7. The molecule has 114 valence electrons. The van der Waals surface area contributed by atoms with Gasteiger partial charge in [0, 0.05) is 12.1 Å². The minimum atomic E-state index is -0.669. The fourth-order valence-electron chi connectivity index (χ4n) is 3.20. The highest BCUT2D eigenvalue weighted by molar-refractivity contribution is 5.70. The number of carbonyl (C=O) groups is 1. The zero-order valence-electron chi connectivity index (χ0n) is 12.2. The van der Waals surface area contributed by atoms with Gasteiger partial charge in [0.2, 0.25) is 6.79 Å². The van der Waals surface area contributed by atoms with Gasteiger partial charge in [-0.3, -0.25) is 4.79 Å². The highest BCUT2D eigenvalue weighted by atomic mass is 16.7. The van der Waals surface area contributed by atoms with Crippen molar-refractivity contribution < 1.29 is 19.4 Å². The van der Waals surface area contributed by atoms with E-state index in [1.807, 2.05) is 18.2 Å². The van der Waals surface area contributed by atoms with Gasteiger partial charge in [-0.05, 0) is 43.9 Å². The Morgan fingerprint density at radius 1 is 1.33 bits per heavy atom. The number of rotatable bonds is 4. The monoisotopic (exact) mass is 291 g/mol. The van der Waals surface area contributed by atoms with Crippen molar-refractivity contribution in [1.29, 1.82) is 0 Å². The maximum Gasteiger partial charge on any atom is 0.306 e. The third kappa shape index (κ3) is 3.13. The molecule has 0 radical (unpaired) electrons. The van der Waals surface area contributed by atoms with Gasteiger partial charge < -0.3 is 19.9 Å². The number of carboxylic acid groups (broad SMARTS) is 1. The molecule has 5 nitrogen and oxygen atoms in total. The van der Waals surface area contributed by atoms with Crippen molar-refractivity contribution in [3.63, 3.8) is 0 Å². The predicted molar refractivity (Wildman–Crippen MR) is 77.5 cm³/mol. The molecular formula is C16H21NO4. The van der Waals surface area contributed by atoms with Crippen molar-refractivity contribution >= 4 is 5.97 Å². The summed E-state index contributed by atoms with van der Waals surface area (Å²) in [6.45, 7) is 2.38. The van der Waals surface area contributed by atoms with E-state index in [0.29, 0.717) is 6.42 Å². The fourth-order valence-corrected chi connectivity index (χ4v) is 3.20. The Bertz CT molecular complexity index is 531. The summed E-state index contributed by atoms with van der Waals surface area (Å²) in [6.07, 6.45) is 3.53. The van der Waals surface area contributed by atoms with Crippen molar-refractivity contribution in [1.82, 2.24) is 5.32 Å². The third-order valence-corrected chi connectivity index (χ3v) is 4.41. The van der Waals surface area contributed by atoms with Crippen molar-refractivity contribution in [2.75, 3.05) is 6.79 Å². The van der Waals surface area contributed by atoms with Crippen LogP contribution in [0.5, 0.6) is 11.5 Å². The Labute approximate surface area is 124 Å². The Morgan fingerprint density at radius 2 is 2.14 bits per heavy atom. The molecule has 0 saturated heterocycles. The van der Waals surface area contributed by atoms with Crippen LogP contribution in [0, 0.1) is 5.92 Å². The molecule has 3 rings (SSSR count). The SMILES string of the molecule is CC(NC1CCCC(C(=O)O)C1)c1ccc2c(c1)OCO2. The predicted octanol–water partition coefficient (Wildman–Crippen LogP) is 2.71. The number of hydrogen-bond donors (Lipinski definition) is 2. The average Bonchev–Trinajstić information content (AvgIpc) is 2.94. The van der Waals surface area contributed by atoms with E-state index in [2.05, 4.69) is 12.2 Å². The molecule has 3 atom stereocenters. The molecule has 3 unspecified atom stereocenters. The van der Waals surface area contributed by atoms with Crippen molar-refractivity contribution in [3.8, 4) is 11.5 Å². The summed E-state index contributed by atoms with van der Waals surface area (Å²) in [5.41, 5.74) is 1.14. The smallest absolute Gasteiger partial charge is 0.306 e. The standard InChI is InChI=1S/C16H21NO4/c1-10(11-5-6-14-15(8-11)21-9-20-14)17-13-4-2-3-12(7-13)16(18)19/h5-6,8,10,12-13,17H,2-4,7,9H2,1H3,(H,18,19). The normalized spacial score (nSPS) is 25.6. The molecule has 1 aromatic carbocycles. The van der Waals surface area contributed by atoms with Gasteiger partial charge in [0.25, 0.3) is 0 Å². The molecule has 0 amide bonds. The van der Waals surface area contributed by atoms with E-state index in [9.17, 15) is 4.79 Å². The summed E-state index contributed by atoms with van der Waals surface area (Å²) in [5, 5.41) is 12.7. The molecule has 5 heteroatoms. The van der Waals surface area contributed by atoms with Gasteiger partial charge in [-0.2, -0.15) is 0 Å². The quantitative estimate of drug-likeness (QED) is 0.892. The lowest BCUT2D eigenvalue weighted by molar-refractivity contribution is -0.143. The lowest BCUT2D eigenvalue weighted by Crippen LogP contribution is -2.37. The number of aliphatic carboxylic acids is 1. The van der Waals surface area contributed by atoms with Crippen LogP contribution in [0.1, 0.15) is 44.2 Å². The number of fused-ring (bicyclic) bond motifs is 1. The zero-order valence-corrected chi connectivity index (χ0v) is 12.2. The first-order chi connectivity index (χ1) is 10.1. The highest BCUT2D eigenvalue weighted by Gasteiger charge is 2.28. The minimum absolute atomic E-state index is 0.164. The average molecular weight is 291 g/mol. The van der Waals surface area contributed by atoms with Gasteiger partial charge >= 0.3 is 5.97 Å². The maximum atomic E-state index is 11.1. The van der Waals surface area contributed by atoms with Gasteiger partial charge in [-0.25, -0.2) is 0 Å². The molecule has 2 N–H and O–H groups in total. The number of ether oxygens (including phenoxy) is 2. The van der Waals surface area contributed by atoms with E-state index in [1.165, 1.54) is 0 Å². The van der Waals surface area contributed by atoms with Gasteiger partial charge in [-0.15, -0.1) is 0 Å². The molecule has 0 aromatic heterocycles. The first-order valence-corrected chi connectivity index (χ1v) is 7.52. The lowest BCUT2D eigenvalue weighted by Gasteiger charge is -2.30. The molecule has 1 fully saturated rings. The Balaban J connectivity index is 1.63. The third-order valence-electron chi connectivity index (χ3n) is 4.41. The summed E-state index contributed by atoms with van der Waals surface area (Å²) >= 11 is 0. The molecule has 1 saturated carbocycles. The molecule has 2 aliphatic rings. The molecule has 0 spiro atoms. The zero-order chi connectivity index (χ0) is 14.8. The van der Waals surface area contributed by atoms with Crippen LogP contribution in [0.2, 0.25) is 0 Å². The van der Waals surface area contributed by atoms with Crippen molar-refractivity contribution in [2.24, 2.45) is 5.92 Å². The number of nitrogens with one attached hydrogen (secondary N) is 1. The fraction of sp³-hybridized carbons (Fsp3) is 0.562. The van der Waals surface area contributed by atoms with Gasteiger partial charge in [0.05, 0.1) is 5.92 Å². The number of carboxylic acids is 1. The minimum Gasteiger partial charge on any atom is -0.481 e. The van der Waals surface area contributed by atoms with Gasteiger partial charge in [-0.1, -0.05) is 12.5 Å². The maximum absolute atomic E-state index is 11.1. The van der Waals surface area contributed by atoms with Crippen LogP contribution in [-0.4, -0.2) is 23.9 Å².